The third-order valence-corrected chi connectivity index (χ3v) is 3.18. The fraction of sp³-hybridized carbons (Fsp3) is 0.333. The van der Waals surface area contributed by atoms with Crippen molar-refractivity contribution in [1.82, 2.24) is 4.90 Å². The predicted molar refractivity (Wildman–Crippen MR) is 76.8 cm³/mol. The van der Waals surface area contributed by atoms with Crippen LogP contribution in [0.5, 0.6) is 0 Å². The van der Waals surface area contributed by atoms with Gasteiger partial charge in [0.05, 0.1) is 13.0 Å². The maximum atomic E-state index is 12.4. The second-order valence-electron chi connectivity index (χ2n) is 4.63. The normalized spacial score (nSPS) is 12.8. The van der Waals surface area contributed by atoms with E-state index >= 15 is 0 Å². The van der Waals surface area contributed by atoms with Gasteiger partial charge >= 0.3 is 0 Å². The molecule has 0 saturated heterocycles. The van der Waals surface area contributed by atoms with Gasteiger partial charge in [0.2, 0.25) is 5.91 Å². The van der Waals surface area contributed by atoms with Crippen LogP contribution in [0.1, 0.15) is 15.9 Å². The fourth-order valence-electron chi connectivity index (χ4n) is 2.18. The Kier molecular flexibility index (Phi) is 4.53. The van der Waals surface area contributed by atoms with Gasteiger partial charge in [-0.05, 0) is 23.8 Å². The lowest BCUT2D eigenvalue weighted by Crippen LogP contribution is -2.34. The summed E-state index contributed by atoms with van der Waals surface area (Å²) in [5, 5.41) is 2.75. The van der Waals surface area contributed by atoms with Gasteiger partial charge in [0, 0.05) is 31.5 Å². The van der Waals surface area contributed by atoms with E-state index < -0.39 is 0 Å². The van der Waals surface area contributed by atoms with Crippen LogP contribution in [0.15, 0.2) is 30.9 Å². The first-order valence-electron chi connectivity index (χ1n) is 6.47. The van der Waals surface area contributed by atoms with E-state index in [1.165, 1.54) is 0 Å². The Bertz CT molecular complexity index is 540. The molecule has 0 spiro atoms. The van der Waals surface area contributed by atoms with Crippen molar-refractivity contribution in [1.29, 1.82) is 0 Å². The Hall–Kier alpha value is -2.14. The van der Waals surface area contributed by atoms with Gasteiger partial charge in [0.1, 0.15) is 0 Å². The summed E-state index contributed by atoms with van der Waals surface area (Å²) in [4.78, 5) is 25.4. The number of carbonyl (C=O) groups is 2. The minimum atomic E-state index is -0.0795. The molecule has 5 nitrogen and oxygen atoms in total. The van der Waals surface area contributed by atoms with E-state index in [0.29, 0.717) is 31.7 Å². The van der Waals surface area contributed by atoms with Gasteiger partial charge in [0.25, 0.3) is 5.91 Å². The van der Waals surface area contributed by atoms with Crippen LogP contribution in [0.3, 0.4) is 0 Å². The molecule has 1 aromatic rings. The SMILES string of the molecule is C=CCN(CCOC)C(=O)c1ccc2c(c1)CC(=O)N2. The molecule has 0 atom stereocenters. The fourth-order valence-corrected chi connectivity index (χ4v) is 2.18. The molecule has 5 heteroatoms. The average Bonchev–Trinajstić information content (AvgIpc) is 2.81. The molecule has 0 bridgehead atoms. The highest BCUT2D eigenvalue weighted by Crippen LogP contribution is 2.24. The van der Waals surface area contributed by atoms with Gasteiger partial charge in [-0.15, -0.1) is 6.58 Å². The van der Waals surface area contributed by atoms with Crippen LogP contribution in [-0.4, -0.2) is 43.5 Å². The van der Waals surface area contributed by atoms with E-state index in [1.54, 1.807) is 36.3 Å². The van der Waals surface area contributed by atoms with Gasteiger partial charge in [-0.1, -0.05) is 6.08 Å². The number of amides is 2. The highest BCUT2D eigenvalue weighted by Gasteiger charge is 2.21. The van der Waals surface area contributed by atoms with Crippen molar-refractivity contribution in [3.63, 3.8) is 0 Å². The number of nitrogens with one attached hydrogen (secondary N) is 1. The van der Waals surface area contributed by atoms with Crippen LogP contribution in [0.25, 0.3) is 0 Å². The van der Waals surface area contributed by atoms with Gasteiger partial charge in [-0.2, -0.15) is 0 Å². The lowest BCUT2D eigenvalue weighted by Gasteiger charge is -2.21. The lowest BCUT2D eigenvalue weighted by molar-refractivity contribution is -0.115. The second kappa shape index (κ2) is 6.34. The maximum absolute atomic E-state index is 12.4. The molecule has 1 aliphatic rings. The van der Waals surface area contributed by atoms with Crippen molar-refractivity contribution >= 4 is 17.5 Å². The van der Waals surface area contributed by atoms with Crippen LogP contribution in [0.4, 0.5) is 5.69 Å². The van der Waals surface area contributed by atoms with Crippen LogP contribution < -0.4 is 5.32 Å². The van der Waals surface area contributed by atoms with Crippen molar-refractivity contribution in [2.75, 3.05) is 32.1 Å². The molecule has 0 unspecified atom stereocenters. The number of nitrogens with zero attached hydrogens (tertiary/aromatic N) is 1. The predicted octanol–water partition coefficient (Wildman–Crippen LogP) is 1.46. The van der Waals surface area contributed by atoms with Crippen LogP contribution in [0, 0.1) is 0 Å². The molecule has 1 aromatic carbocycles. The number of anilines is 1. The highest BCUT2D eigenvalue weighted by molar-refractivity contribution is 6.01. The number of carbonyl (C=O) groups excluding carboxylic acids is 2. The first-order valence-corrected chi connectivity index (χ1v) is 6.47. The molecule has 0 aromatic heterocycles. The van der Waals surface area contributed by atoms with Crippen molar-refractivity contribution in [2.45, 2.75) is 6.42 Å². The number of benzene rings is 1. The van der Waals surface area contributed by atoms with Crippen molar-refractivity contribution in [3.05, 3.63) is 42.0 Å². The molecule has 0 fully saturated rings. The molecule has 2 amide bonds. The lowest BCUT2D eigenvalue weighted by atomic mass is 10.1. The summed E-state index contributed by atoms with van der Waals surface area (Å²) >= 11 is 0. The number of fused-ring (bicyclic) bond motifs is 1. The Morgan fingerprint density at radius 2 is 2.35 bits per heavy atom. The zero-order chi connectivity index (χ0) is 14.5. The Labute approximate surface area is 118 Å². The number of methoxy groups -OCH3 is 1. The second-order valence-corrected chi connectivity index (χ2v) is 4.63. The summed E-state index contributed by atoms with van der Waals surface area (Å²) in [7, 11) is 1.60. The summed E-state index contributed by atoms with van der Waals surface area (Å²) in [5.74, 6) is -0.115. The number of ether oxygens (including phenoxy) is 1. The van der Waals surface area contributed by atoms with E-state index in [-0.39, 0.29) is 11.8 Å². The molecule has 0 radical (unpaired) electrons. The average molecular weight is 274 g/mol. The summed E-state index contributed by atoms with van der Waals surface area (Å²) in [5.41, 5.74) is 2.24. The number of hydrogen-bond donors (Lipinski definition) is 1. The van der Waals surface area contributed by atoms with Gasteiger partial charge in [0.15, 0.2) is 0 Å². The number of hydrogen-bond acceptors (Lipinski definition) is 3. The van der Waals surface area contributed by atoms with Gasteiger partial charge < -0.3 is 15.0 Å². The highest BCUT2D eigenvalue weighted by atomic mass is 16.5. The summed E-state index contributed by atoms with van der Waals surface area (Å²) < 4.78 is 5.01. The van der Waals surface area contributed by atoms with Crippen molar-refractivity contribution in [2.24, 2.45) is 0 Å². The standard InChI is InChI=1S/C15H18N2O3/c1-3-6-17(7-8-20-2)15(19)11-4-5-13-12(9-11)10-14(18)16-13/h3-5,9H,1,6-8,10H2,2H3,(H,16,18). The van der Waals surface area contributed by atoms with E-state index in [2.05, 4.69) is 11.9 Å². The largest absolute Gasteiger partial charge is 0.383 e. The zero-order valence-electron chi connectivity index (χ0n) is 11.5. The third-order valence-electron chi connectivity index (χ3n) is 3.18. The monoisotopic (exact) mass is 274 g/mol. The smallest absolute Gasteiger partial charge is 0.254 e. The summed E-state index contributed by atoms with van der Waals surface area (Å²) in [6, 6.07) is 5.28. The Balaban J connectivity index is 2.17. The molecule has 0 aliphatic carbocycles. The van der Waals surface area contributed by atoms with Crippen molar-refractivity contribution < 1.29 is 14.3 Å². The van der Waals surface area contributed by atoms with Crippen LogP contribution >= 0.6 is 0 Å². The Morgan fingerprint density at radius 3 is 3.05 bits per heavy atom. The topological polar surface area (TPSA) is 58.6 Å². The third kappa shape index (κ3) is 3.05. The van der Waals surface area contributed by atoms with E-state index in [1.807, 2.05) is 0 Å². The molecule has 2 rings (SSSR count). The van der Waals surface area contributed by atoms with Crippen LogP contribution in [-0.2, 0) is 16.0 Å². The molecule has 1 heterocycles. The quantitative estimate of drug-likeness (QED) is 0.799. The van der Waals surface area contributed by atoms with Gasteiger partial charge in [-0.25, -0.2) is 0 Å². The molecule has 106 valence electrons. The zero-order valence-corrected chi connectivity index (χ0v) is 11.5. The Morgan fingerprint density at radius 1 is 1.55 bits per heavy atom. The minimum absolute atomic E-state index is 0.0353. The first-order chi connectivity index (χ1) is 9.65. The maximum Gasteiger partial charge on any atom is 0.254 e. The molecule has 1 aliphatic heterocycles. The summed E-state index contributed by atoms with van der Waals surface area (Å²) in [6.45, 7) is 5.12. The molecule has 20 heavy (non-hydrogen) atoms. The molecule has 0 saturated carbocycles. The van der Waals surface area contributed by atoms with Crippen LogP contribution in [0.2, 0.25) is 0 Å². The van der Waals surface area contributed by atoms with E-state index in [4.69, 9.17) is 4.74 Å². The van der Waals surface area contributed by atoms with E-state index in [9.17, 15) is 9.59 Å². The molecule has 1 N–H and O–H groups in total. The molecular formula is C15H18N2O3. The summed E-state index contributed by atoms with van der Waals surface area (Å²) in [6.07, 6.45) is 2.02. The first kappa shape index (κ1) is 14.3. The minimum Gasteiger partial charge on any atom is -0.383 e. The van der Waals surface area contributed by atoms with Gasteiger partial charge in [-0.3, -0.25) is 9.59 Å². The van der Waals surface area contributed by atoms with Crippen molar-refractivity contribution in [3.8, 4) is 0 Å². The van der Waals surface area contributed by atoms with E-state index in [0.717, 1.165) is 11.3 Å². The molecular weight excluding hydrogens is 256 g/mol. The number of rotatable bonds is 6.